The van der Waals surface area contributed by atoms with Crippen molar-refractivity contribution in [3.05, 3.63) is 35.1 Å². The summed E-state index contributed by atoms with van der Waals surface area (Å²) in [5.41, 5.74) is 2.16. The van der Waals surface area contributed by atoms with Crippen LogP contribution < -0.4 is 5.32 Å². The van der Waals surface area contributed by atoms with Gasteiger partial charge in [-0.05, 0) is 49.6 Å². The van der Waals surface area contributed by atoms with Crippen LogP contribution in [-0.4, -0.2) is 20.3 Å². The van der Waals surface area contributed by atoms with Crippen molar-refractivity contribution in [1.29, 1.82) is 0 Å². The van der Waals surface area contributed by atoms with E-state index in [9.17, 15) is 4.39 Å². The van der Waals surface area contributed by atoms with Crippen LogP contribution in [0.1, 0.15) is 36.9 Å². The van der Waals surface area contributed by atoms with Gasteiger partial charge in [-0.25, -0.2) is 4.39 Å². The molecule has 0 saturated carbocycles. The molecule has 1 rings (SSSR count). The average molecular weight is 239 g/mol. The van der Waals surface area contributed by atoms with Gasteiger partial charge in [0.25, 0.3) is 0 Å². The van der Waals surface area contributed by atoms with E-state index in [0.29, 0.717) is 6.61 Å². The highest BCUT2D eigenvalue weighted by Crippen LogP contribution is 2.21. The van der Waals surface area contributed by atoms with Crippen LogP contribution in [0.15, 0.2) is 18.2 Å². The Kier molecular flexibility index (Phi) is 6.16. The molecule has 0 aromatic heterocycles. The van der Waals surface area contributed by atoms with E-state index in [2.05, 4.69) is 12.2 Å². The van der Waals surface area contributed by atoms with Crippen LogP contribution in [0.3, 0.4) is 0 Å². The van der Waals surface area contributed by atoms with Gasteiger partial charge < -0.3 is 10.1 Å². The number of ether oxygens (including phenoxy) is 1. The zero-order chi connectivity index (χ0) is 12.7. The molecule has 3 heteroatoms. The topological polar surface area (TPSA) is 21.3 Å². The Morgan fingerprint density at radius 3 is 2.76 bits per heavy atom. The van der Waals surface area contributed by atoms with E-state index >= 15 is 0 Å². The molecule has 17 heavy (non-hydrogen) atoms. The second-order valence-electron chi connectivity index (χ2n) is 4.29. The van der Waals surface area contributed by atoms with E-state index in [1.807, 2.05) is 13.0 Å². The van der Waals surface area contributed by atoms with Crippen molar-refractivity contribution >= 4 is 0 Å². The highest BCUT2D eigenvalue weighted by atomic mass is 19.1. The maximum absolute atomic E-state index is 13.1. The zero-order valence-corrected chi connectivity index (χ0v) is 10.9. The van der Waals surface area contributed by atoms with Crippen LogP contribution >= 0.6 is 0 Å². The third-order valence-electron chi connectivity index (χ3n) is 2.86. The summed E-state index contributed by atoms with van der Waals surface area (Å²) in [4.78, 5) is 0. The first-order valence-corrected chi connectivity index (χ1v) is 6.17. The van der Waals surface area contributed by atoms with Crippen LogP contribution in [-0.2, 0) is 4.74 Å². The smallest absolute Gasteiger partial charge is 0.123 e. The van der Waals surface area contributed by atoms with Crippen LogP contribution in [0.5, 0.6) is 0 Å². The van der Waals surface area contributed by atoms with Crippen molar-refractivity contribution in [2.75, 3.05) is 20.3 Å². The molecule has 1 atom stereocenters. The van der Waals surface area contributed by atoms with E-state index in [1.54, 1.807) is 13.2 Å². The first kappa shape index (κ1) is 14.1. The molecule has 1 N–H and O–H groups in total. The molecule has 1 aromatic rings. The third-order valence-corrected chi connectivity index (χ3v) is 2.86. The van der Waals surface area contributed by atoms with Crippen LogP contribution in [0.25, 0.3) is 0 Å². The van der Waals surface area contributed by atoms with Crippen LogP contribution in [0.2, 0.25) is 0 Å². The molecule has 1 aromatic carbocycles. The molecule has 0 heterocycles. The largest absolute Gasteiger partial charge is 0.385 e. The lowest BCUT2D eigenvalue weighted by molar-refractivity contribution is 0.183. The number of halogens is 1. The Balaban J connectivity index is 2.79. The standard InChI is InChI=1S/C14H22FNO/c1-4-8-16-14(7-9-17-3)13-6-5-12(15)10-11(13)2/h5-6,10,14,16H,4,7-9H2,1-3H3. The fraction of sp³-hybridized carbons (Fsp3) is 0.571. The molecule has 0 saturated heterocycles. The van der Waals surface area contributed by atoms with Crippen molar-refractivity contribution < 1.29 is 9.13 Å². The fourth-order valence-corrected chi connectivity index (χ4v) is 1.95. The number of methoxy groups -OCH3 is 1. The minimum atomic E-state index is -0.174. The Bertz CT molecular complexity index is 333. The first-order valence-electron chi connectivity index (χ1n) is 6.17. The summed E-state index contributed by atoms with van der Waals surface area (Å²) < 4.78 is 18.2. The monoisotopic (exact) mass is 239 g/mol. The molecular weight excluding hydrogens is 217 g/mol. The van der Waals surface area contributed by atoms with E-state index in [4.69, 9.17) is 4.74 Å². The minimum Gasteiger partial charge on any atom is -0.385 e. The van der Waals surface area contributed by atoms with Gasteiger partial charge in [0.05, 0.1) is 0 Å². The predicted octanol–water partition coefficient (Wildman–Crippen LogP) is 3.21. The quantitative estimate of drug-likeness (QED) is 0.789. The van der Waals surface area contributed by atoms with Crippen molar-refractivity contribution in [2.45, 2.75) is 32.7 Å². The molecular formula is C14H22FNO. The number of benzene rings is 1. The summed E-state index contributed by atoms with van der Waals surface area (Å²) in [6.45, 7) is 5.76. The summed E-state index contributed by atoms with van der Waals surface area (Å²) in [6.07, 6.45) is 1.99. The zero-order valence-electron chi connectivity index (χ0n) is 10.9. The first-order chi connectivity index (χ1) is 8.19. The van der Waals surface area contributed by atoms with Gasteiger partial charge in [0.15, 0.2) is 0 Å². The number of nitrogens with one attached hydrogen (secondary N) is 1. The Hall–Kier alpha value is -0.930. The van der Waals surface area contributed by atoms with E-state index in [1.165, 1.54) is 6.07 Å². The summed E-state index contributed by atoms with van der Waals surface area (Å²) in [5.74, 6) is -0.174. The minimum absolute atomic E-state index is 0.174. The Labute approximate surface area is 103 Å². The van der Waals surface area contributed by atoms with Gasteiger partial charge >= 0.3 is 0 Å². The van der Waals surface area contributed by atoms with Gasteiger partial charge in [0.2, 0.25) is 0 Å². The second-order valence-corrected chi connectivity index (χ2v) is 4.29. The van der Waals surface area contributed by atoms with Gasteiger partial charge in [-0.3, -0.25) is 0 Å². The molecule has 96 valence electrons. The van der Waals surface area contributed by atoms with Crippen molar-refractivity contribution in [3.8, 4) is 0 Å². The van der Waals surface area contributed by atoms with E-state index < -0.39 is 0 Å². The van der Waals surface area contributed by atoms with Crippen molar-refractivity contribution in [3.63, 3.8) is 0 Å². The van der Waals surface area contributed by atoms with E-state index in [-0.39, 0.29) is 11.9 Å². The van der Waals surface area contributed by atoms with Gasteiger partial charge in [-0.2, -0.15) is 0 Å². The van der Waals surface area contributed by atoms with Crippen molar-refractivity contribution in [2.24, 2.45) is 0 Å². The van der Waals surface area contributed by atoms with Gasteiger partial charge in [0.1, 0.15) is 5.82 Å². The van der Waals surface area contributed by atoms with Crippen LogP contribution in [0.4, 0.5) is 4.39 Å². The van der Waals surface area contributed by atoms with E-state index in [0.717, 1.165) is 30.5 Å². The fourth-order valence-electron chi connectivity index (χ4n) is 1.95. The summed E-state index contributed by atoms with van der Waals surface area (Å²) in [7, 11) is 1.70. The predicted molar refractivity (Wildman–Crippen MR) is 68.7 cm³/mol. The van der Waals surface area contributed by atoms with Gasteiger partial charge in [-0.15, -0.1) is 0 Å². The Morgan fingerprint density at radius 2 is 2.18 bits per heavy atom. The lowest BCUT2D eigenvalue weighted by atomic mass is 9.98. The number of rotatable bonds is 7. The molecule has 0 aliphatic carbocycles. The highest BCUT2D eigenvalue weighted by molar-refractivity contribution is 5.29. The molecule has 0 aliphatic rings. The molecule has 2 nitrogen and oxygen atoms in total. The lowest BCUT2D eigenvalue weighted by Gasteiger charge is -2.20. The SMILES string of the molecule is CCCNC(CCOC)c1ccc(F)cc1C. The van der Waals surface area contributed by atoms with Crippen molar-refractivity contribution in [1.82, 2.24) is 5.32 Å². The summed E-state index contributed by atoms with van der Waals surface area (Å²) >= 11 is 0. The molecule has 0 spiro atoms. The highest BCUT2D eigenvalue weighted by Gasteiger charge is 2.13. The maximum Gasteiger partial charge on any atom is 0.123 e. The van der Waals surface area contributed by atoms with Crippen LogP contribution in [0, 0.1) is 12.7 Å². The molecule has 1 unspecified atom stereocenters. The van der Waals surface area contributed by atoms with Gasteiger partial charge in [0, 0.05) is 19.8 Å². The number of hydrogen-bond acceptors (Lipinski definition) is 2. The Morgan fingerprint density at radius 1 is 1.41 bits per heavy atom. The maximum atomic E-state index is 13.1. The molecule has 0 radical (unpaired) electrons. The molecule has 0 amide bonds. The number of aryl methyl sites for hydroxylation is 1. The van der Waals surface area contributed by atoms with Gasteiger partial charge in [-0.1, -0.05) is 13.0 Å². The normalized spacial score (nSPS) is 12.7. The molecule has 0 aliphatic heterocycles. The molecule has 0 bridgehead atoms. The lowest BCUT2D eigenvalue weighted by Crippen LogP contribution is -2.24. The molecule has 0 fully saturated rings. The second kappa shape index (κ2) is 7.41. The average Bonchev–Trinajstić information content (AvgIpc) is 2.30. The third kappa shape index (κ3) is 4.44. The number of hydrogen-bond donors (Lipinski definition) is 1. The summed E-state index contributed by atoms with van der Waals surface area (Å²) in [5, 5.41) is 3.48. The summed E-state index contributed by atoms with van der Waals surface area (Å²) in [6, 6.07) is 5.22.